The number of aliphatic hydroxyl groups is 1. The number of hydrogen-bond donors (Lipinski definition) is 1. The first-order chi connectivity index (χ1) is 12.0. The van der Waals surface area contributed by atoms with Crippen LogP contribution in [0.25, 0.3) is 11.0 Å². The number of rotatable bonds is 1. The van der Waals surface area contributed by atoms with Crippen molar-refractivity contribution in [1.29, 1.82) is 0 Å². The lowest BCUT2D eigenvalue weighted by Crippen LogP contribution is -2.56. The van der Waals surface area contributed by atoms with Crippen LogP contribution < -0.4 is 0 Å². The molecule has 25 heavy (non-hydrogen) atoms. The molecule has 1 spiro atoms. The van der Waals surface area contributed by atoms with Gasteiger partial charge >= 0.3 is 0 Å². The first-order valence-electron chi connectivity index (χ1n) is 9.11. The topological polar surface area (TPSA) is 62.9 Å². The number of benzene rings is 1. The van der Waals surface area contributed by atoms with Gasteiger partial charge in [-0.05, 0) is 51.7 Å². The molecule has 3 heterocycles. The lowest BCUT2D eigenvalue weighted by Gasteiger charge is -2.46. The monoisotopic (exact) mass is 343 g/mol. The molecule has 2 saturated heterocycles. The van der Waals surface area contributed by atoms with Gasteiger partial charge in [-0.1, -0.05) is 11.6 Å². The van der Waals surface area contributed by atoms with Crippen LogP contribution in [0, 0.1) is 13.8 Å². The zero-order valence-electron chi connectivity index (χ0n) is 14.9. The van der Waals surface area contributed by atoms with Gasteiger partial charge in [0.15, 0.2) is 5.76 Å². The molecule has 1 atom stereocenters. The van der Waals surface area contributed by atoms with Crippen molar-refractivity contribution in [3.8, 4) is 0 Å². The van der Waals surface area contributed by atoms with Gasteiger partial charge in [0, 0.05) is 30.6 Å². The van der Waals surface area contributed by atoms with E-state index in [4.69, 9.17) is 9.15 Å². The van der Waals surface area contributed by atoms with Crippen molar-refractivity contribution in [2.45, 2.75) is 51.2 Å². The van der Waals surface area contributed by atoms with E-state index in [2.05, 4.69) is 6.07 Å². The molecule has 0 saturated carbocycles. The maximum atomic E-state index is 13.0. The van der Waals surface area contributed by atoms with Gasteiger partial charge in [0.2, 0.25) is 0 Å². The SMILES string of the molecule is Cc1ccc2oc(C(=O)N3CCC4(CC3)OCCC[C@H]4O)c(C)c2c1. The van der Waals surface area contributed by atoms with E-state index in [9.17, 15) is 9.90 Å². The van der Waals surface area contributed by atoms with Crippen LogP contribution in [0.15, 0.2) is 22.6 Å². The molecule has 0 unspecified atom stereocenters. The van der Waals surface area contributed by atoms with Gasteiger partial charge in [-0.25, -0.2) is 0 Å². The Labute approximate surface area is 147 Å². The second kappa shape index (κ2) is 6.15. The third-order valence-electron chi connectivity index (χ3n) is 5.80. The summed E-state index contributed by atoms with van der Waals surface area (Å²) in [4.78, 5) is 14.8. The van der Waals surface area contributed by atoms with Crippen LogP contribution in [0.2, 0.25) is 0 Å². The van der Waals surface area contributed by atoms with Crippen molar-refractivity contribution in [3.05, 3.63) is 35.1 Å². The summed E-state index contributed by atoms with van der Waals surface area (Å²) < 4.78 is 11.8. The molecular formula is C20H25NO4. The Morgan fingerprint density at radius 3 is 2.76 bits per heavy atom. The summed E-state index contributed by atoms with van der Waals surface area (Å²) in [5.74, 6) is 0.369. The smallest absolute Gasteiger partial charge is 0.289 e. The number of nitrogens with zero attached hydrogens (tertiary/aromatic N) is 1. The highest BCUT2D eigenvalue weighted by atomic mass is 16.5. The molecule has 5 nitrogen and oxygen atoms in total. The Bertz CT molecular complexity index is 801. The highest BCUT2D eigenvalue weighted by Gasteiger charge is 2.44. The van der Waals surface area contributed by atoms with E-state index in [1.165, 1.54) is 0 Å². The maximum absolute atomic E-state index is 13.0. The van der Waals surface area contributed by atoms with Crippen LogP contribution in [-0.4, -0.2) is 47.3 Å². The molecular weight excluding hydrogens is 318 g/mol. The molecule has 1 aromatic carbocycles. The lowest BCUT2D eigenvalue weighted by atomic mass is 9.82. The Hall–Kier alpha value is -1.85. The van der Waals surface area contributed by atoms with Crippen LogP contribution in [0.1, 0.15) is 47.4 Å². The number of aliphatic hydroxyl groups excluding tert-OH is 1. The number of hydrogen-bond acceptors (Lipinski definition) is 4. The minimum absolute atomic E-state index is 0.0634. The summed E-state index contributed by atoms with van der Waals surface area (Å²) in [5, 5.41) is 11.3. The predicted molar refractivity (Wildman–Crippen MR) is 94.7 cm³/mol. The maximum Gasteiger partial charge on any atom is 0.289 e. The summed E-state index contributed by atoms with van der Waals surface area (Å²) in [5.41, 5.74) is 2.34. The fourth-order valence-corrected chi connectivity index (χ4v) is 4.16. The molecule has 0 radical (unpaired) electrons. The molecule has 5 heteroatoms. The van der Waals surface area contributed by atoms with E-state index >= 15 is 0 Å². The Balaban J connectivity index is 1.54. The fraction of sp³-hybridized carbons (Fsp3) is 0.550. The van der Waals surface area contributed by atoms with Crippen molar-refractivity contribution >= 4 is 16.9 Å². The van der Waals surface area contributed by atoms with Gasteiger partial charge in [0.05, 0.1) is 11.7 Å². The van der Waals surface area contributed by atoms with Gasteiger partial charge in [-0.2, -0.15) is 0 Å². The van der Waals surface area contributed by atoms with E-state index in [1.807, 2.05) is 30.9 Å². The van der Waals surface area contributed by atoms with Crippen molar-refractivity contribution in [3.63, 3.8) is 0 Å². The molecule has 2 fully saturated rings. The molecule has 0 aliphatic carbocycles. The second-order valence-electron chi connectivity index (χ2n) is 7.42. The molecule has 1 amide bonds. The zero-order chi connectivity index (χ0) is 17.6. The first kappa shape index (κ1) is 16.6. The number of amides is 1. The zero-order valence-corrected chi connectivity index (χ0v) is 14.9. The number of carbonyl (C=O) groups excluding carboxylic acids is 1. The molecule has 2 aliphatic heterocycles. The third-order valence-corrected chi connectivity index (χ3v) is 5.80. The van der Waals surface area contributed by atoms with E-state index in [-0.39, 0.29) is 5.91 Å². The average molecular weight is 343 g/mol. The minimum Gasteiger partial charge on any atom is -0.451 e. The van der Waals surface area contributed by atoms with Crippen molar-refractivity contribution in [2.24, 2.45) is 0 Å². The van der Waals surface area contributed by atoms with E-state index in [0.717, 1.165) is 34.9 Å². The van der Waals surface area contributed by atoms with Gasteiger partial charge in [-0.3, -0.25) is 4.79 Å². The summed E-state index contributed by atoms with van der Waals surface area (Å²) in [6, 6.07) is 5.97. The molecule has 0 bridgehead atoms. The quantitative estimate of drug-likeness (QED) is 0.864. The van der Waals surface area contributed by atoms with Gasteiger partial charge in [0.25, 0.3) is 5.91 Å². The summed E-state index contributed by atoms with van der Waals surface area (Å²) in [6.07, 6.45) is 2.63. The molecule has 1 N–H and O–H groups in total. The Morgan fingerprint density at radius 2 is 2.04 bits per heavy atom. The number of fused-ring (bicyclic) bond motifs is 1. The Kier molecular flexibility index (Phi) is 4.08. The van der Waals surface area contributed by atoms with Crippen molar-refractivity contribution in [1.82, 2.24) is 4.90 Å². The molecule has 2 aliphatic rings. The van der Waals surface area contributed by atoms with E-state index < -0.39 is 11.7 Å². The van der Waals surface area contributed by atoms with Crippen LogP contribution in [-0.2, 0) is 4.74 Å². The fourth-order valence-electron chi connectivity index (χ4n) is 4.16. The molecule has 134 valence electrons. The van der Waals surface area contributed by atoms with E-state index in [0.29, 0.717) is 38.3 Å². The summed E-state index contributed by atoms with van der Waals surface area (Å²) >= 11 is 0. The highest BCUT2D eigenvalue weighted by molar-refractivity contribution is 5.99. The largest absolute Gasteiger partial charge is 0.451 e. The number of carbonyl (C=O) groups is 1. The Morgan fingerprint density at radius 1 is 1.28 bits per heavy atom. The van der Waals surface area contributed by atoms with Crippen molar-refractivity contribution in [2.75, 3.05) is 19.7 Å². The van der Waals surface area contributed by atoms with Gasteiger partial charge in [0.1, 0.15) is 5.58 Å². The lowest BCUT2D eigenvalue weighted by molar-refractivity contribution is -0.174. The van der Waals surface area contributed by atoms with Crippen molar-refractivity contribution < 1.29 is 19.1 Å². The number of ether oxygens (including phenoxy) is 1. The molecule has 4 rings (SSSR count). The average Bonchev–Trinajstić information content (AvgIpc) is 2.94. The van der Waals surface area contributed by atoms with E-state index in [1.54, 1.807) is 0 Å². The third kappa shape index (κ3) is 2.75. The van der Waals surface area contributed by atoms with Crippen LogP contribution >= 0.6 is 0 Å². The summed E-state index contributed by atoms with van der Waals surface area (Å²) in [7, 11) is 0. The summed E-state index contributed by atoms with van der Waals surface area (Å²) in [6.45, 7) is 5.86. The standard InChI is InChI=1S/C20H25NO4/c1-13-5-6-16-15(12-13)14(2)18(25-16)19(23)21-9-7-20(8-10-21)17(22)4-3-11-24-20/h5-6,12,17,22H,3-4,7-11H2,1-2H3/t17-/m1/s1. The van der Waals surface area contributed by atoms with Gasteiger partial charge in [-0.15, -0.1) is 0 Å². The van der Waals surface area contributed by atoms with Crippen LogP contribution in [0.3, 0.4) is 0 Å². The number of piperidine rings is 1. The second-order valence-corrected chi connectivity index (χ2v) is 7.42. The number of likely N-dealkylation sites (tertiary alicyclic amines) is 1. The van der Waals surface area contributed by atoms with Crippen LogP contribution in [0.5, 0.6) is 0 Å². The number of furan rings is 1. The minimum atomic E-state index is -0.463. The predicted octanol–water partition coefficient (Wildman–Crippen LogP) is 3.20. The number of aryl methyl sites for hydroxylation is 2. The normalized spacial score (nSPS) is 23.3. The highest BCUT2D eigenvalue weighted by Crippen LogP contribution is 2.36. The molecule has 1 aromatic heterocycles. The molecule has 2 aromatic rings. The van der Waals surface area contributed by atoms with Gasteiger partial charge < -0.3 is 19.2 Å². The first-order valence-corrected chi connectivity index (χ1v) is 9.11. The van der Waals surface area contributed by atoms with Crippen LogP contribution in [0.4, 0.5) is 0 Å².